The fourth-order valence-electron chi connectivity index (χ4n) is 3.83. The van der Waals surface area contributed by atoms with Crippen LogP contribution in [-0.2, 0) is 24.6 Å². The minimum Gasteiger partial charge on any atom is -0.427 e. The molecule has 8 heteroatoms. The van der Waals surface area contributed by atoms with Crippen LogP contribution in [-0.4, -0.2) is 49.7 Å². The van der Waals surface area contributed by atoms with Crippen molar-refractivity contribution in [3.63, 3.8) is 0 Å². The van der Waals surface area contributed by atoms with Crippen molar-refractivity contribution in [3.05, 3.63) is 34.9 Å². The smallest absolute Gasteiger partial charge is 0.413 e. The van der Waals surface area contributed by atoms with Crippen LogP contribution in [0.15, 0.2) is 24.3 Å². The Morgan fingerprint density at radius 2 is 1.93 bits per heavy atom. The number of nitrogens with one attached hydrogen (secondary N) is 1. The van der Waals surface area contributed by atoms with Gasteiger partial charge in [0.2, 0.25) is 6.79 Å². The molecule has 0 bridgehead atoms. The molecule has 2 rings (SSSR count). The molecular formula is C21H29ClN2O5. The van der Waals surface area contributed by atoms with E-state index in [0.717, 1.165) is 12.8 Å². The van der Waals surface area contributed by atoms with Gasteiger partial charge in [0.1, 0.15) is 11.6 Å². The number of halogens is 1. The van der Waals surface area contributed by atoms with Crippen LogP contribution < -0.4 is 5.32 Å². The zero-order valence-electron chi connectivity index (χ0n) is 17.4. The fourth-order valence-corrected chi connectivity index (χ4v) is 4.13. The van der Waals surface area contributed by atoms with Gasteiger partial charge in [-0.1, -0.05) is 43.6 Å². The van der Waals surface area contributed by atoms with Crippen molar-refractivity contribution in [1.29, 1.82) is 0 Å². The molecule has 0 saturated heterocycles. The summed E-state index contributed by atoms with van der Waals surface area (Å²) in [6, 6.07) is 6.52. The SMILES string of the molecule is CNC(C(=O)OCOC(=O)N(C)[C@]1(c2ccccc2Cl)CCCCC1=O)C(C)C. The third-order valence-corrected chi connectivity index (χ3v) is 5.76. The van der Waals surface area contributed by atoms with Gasteiger partial charge in [0.25, 0.3) is 0 Å². The Bertz CT molecular complexity index is 754. The van der Waals surface area contributed by atoms with E-state index in [0.29, 0.717) is 23.4 Å². The summed E-state index contributed by atoms with van der Waals surface area (Å²) in [7, 11) is 3.18. The van der Waals surface area contributed by atoms with E-state index in [1.807, 2.05) is 13.8 Å². The number of nitrogens with zero attached hydrogens (tertiary/aromatic N) is 1. The van der Waals surface area contributed by atoms with E-state index in [-0.39, 0.29) is 11.7 Å². The molecule has 1 saturated carbocycles. The average molecular weight is 425 g/mol. The molecule has 160 valence electrons. The Balaban J connectivity index is 2.15. The molecule has 0 spiro atoms. The molecule has 1 aromatic carbocycles. The Morgan fingerprint density at radius 3 is 2.52 bits per heavy atom. The lowest BCUT2D eigenvalue weighted by atomic mass is 9.74. The lowest BCUT2D eigenvalue weighted by Crippen LogP contribution is -2.54. The van der Waals surface area contributed by atoms with Gasteiger partial charge in [-0.15, -0.1) is 0 Å². The quantitative estimate of drug-likeness (QED) is 0.532. The van der Waals surface area contributed by atoms with Crippen LogP contribution in [0.3, 0.4) is 0 Å². The van der Waals surface area contributed by atoms with Gasteiger partial charge in [-0.3, -0.25) is 14.5 Å². The first-order valence-electron chi connectivity index (χ1n) is 9.78. The van der Waals surface area contributed by atoms with Crippen LogP contribution >= 0.6 is 11.6 Å². The number of hydrogen-bond acceptors (Lipinski definition) is 6. The van der Waals surface area contributed by atoms with E-state index in [9.17, 15) is 14.4 Å². The number of esters is 1. The minimum absolute atomic E-state index is 0.0224. The fraction of sp³-hybridized carbons (Fsp3) is 0.571. The highest BCUT2D eigenvalue weighted by molar-refractivity contribution is 6.31. The minimum atomic E-state index is -1.19. The first-order chi connectivity index (χ1) is 13.8. The number of carbonyl (C=O) groups is 3. The van der Waals surface area contributed by atoms with Crippen molar-refractivity contribution in [1.82, 2.24) is 10.2 Å². The highest BCUT2D eigenvalue weighted by atomic mass is 35.5. The summed E-state index contributed by atoms with van der Waals surface area (Å²) in [5.41, 5.74) is -0.610. The maximum atomic E-state index is 13.0. The highest BCUT2D eigenvalue weighted by Gasteiger charge is 2.48. The van der Waals surface area contributed by atoms with Crippen LogP contribution in [0.2, 0.25) is 5.02 Å². The Hall–Kier alpha value is -2.12. The summed E-state index contributed by atoms with van der Waals surface area (Å²) in [6.45, 7) is 3.23. The molecule has 1 unspecified atom stereocenters. The largest absolute Gasteiger partial charge is 0.427 e. The Kier molecular flexibility index (Phi) is 8.05. The first kappa shape index (κ1) is 23.2. The predicted octanol–water partition coefficient (Wildman–Crippen LogP) is 3.49. The van der Waals surface area contributed by atoms with E-state index >= 15 is 0 Å². The number of Topliss-reactive ketones (excluding diaryl/α,β-unsaturated/α-hetero) is 1. The number of likely N-dealkylation sites (N-methyl/N-ethyl adjacent to an activating group) is 2. The molecule has 1 fully saturated rings. The zero-order valence-corrected chi connectivity index (χ0v) is 18.1. The van der Waals surface area contributed by atoms with Crippen LogP contribution in [0.5, 0.6) is 0 Å². The van der Waals surface area contributed by atoms with Crippen LogP contribution in [0.1, 0.15) is 45.1 Å². The third-order valence-electron chi connectivity index (χ3n) is 5.43. The van der Waals surface area contributed by atoms with Gasteiger partial charge in [0.05, 0.1) is 0 Å². The average Bonchev–Trinajstić information content (AvgIpc) is 2.68. The Labute approximate surface area is 176 Å². The highest BCUT2D eigenvalue weighted by Crippen LogP contribution is 2.42. The van der Waals surface area contributed by atoms with E-state index < -0.39 is 30.4 Å². The Morgan fingerprint density at radius 1 is 1.24 bits per heavy atom. The number of amides is 1. The first-order valence-corrected chi connectivity index (χ1v) is 10.2. The summed E-state index contributed by atoms with van der Waals surface area (Å²) in [5, 5.41) is 3.29. The van der Waals surface area contributed by atoms with E-state index in [1.165, 1.54) is 11.9 Å². The second kappa shape index (κ2) is 10.1. The lowest BCUT2D eigenvalue weighted by molar-refractivity contribution is -0.157. The third kappa shape index (κ3) is 4.90. The molecule has 0 aliphatic heterocycles. The standard InChI is InChI=1S/C21H29ClN2O5/c1-14(2)18(23-3)19(26)28-13-29-20(27)24(4)21(12-8-7-11-17(21)25)15-9-5-6-10-16(15)22/h5-6,9-10,14,18,23H,7-8,11-13H2,1-4H3/t18?,21-/m0/s1. The van der Waals surface area contributed by atoms with Gasteiger partial charge in [0.15, 0.2) is 5.78 Å². The van der Waals surface area contributed by atoms with Crippen molar-refractivity contribution >= 4 is 29.4 Å². The maximum absolute atomic E-state index is 13.0. The van der Waals surface area contributed by atoms with Crippen molar-refractivity contribution in [2.75, 3.05) is 20.9 Å². The van der Waals surface area contributed by atoms with Crippen LogP contribution in [0.25, 0.3) is 0 Å². The van der Waals surface area contributed by atoms with Gasteiger partial charge < -0.3 is 14.8 Å². The summed E-state index contributed by atoms with van der Waals surface area (Å²) < 4.78 is 10.2. The summed E-state index contributed by atoms with van der Waals surface area (Å²) >= 11 is 6.38. The van der Waals surface area contributed by atoms with Gasteiger partial charge >= 0.3 is 12.1 Å². The number of ether oxygens (including phenoxy) is 2. The molecule has 1 aliphatic rings. The van der Waals surface area contributed by atoms with Crippen LogP contribution in [0.4, 0.5) is 4.79 Å². The topological polar surface area (TPSA) is 84.9 Å². The molecule has 1 N–H and O–H groups in total. The molecule has 29 heavy (non-hydrogen) atoms. The van der Waals surface area contributed by atoms with E-state index in [2.05, 4.69) is 5.32 Å². The molecule has 7 nitrogen and oxygen atoms in total. The van der Waals surface area contributed by atoms with Crippen molar-refractivity contribution in [2.24, 2.45) is 5.92 Å². The summed E-state index contributed by atoms with van der Waals surface area (Å²) in [6.07, 6.45) is 1.61. The van der Waals surface area contributed by atoms with Crippen molar-refractivity contribution < 1.29 is 23.9 Å². The van der Waals surface area contributed by atoms with Gasteiger partial charge in [0, 0.05) is 24.1 Å². The second-order valence-corrected chi connectivity index (χ2v) is 7.94. The van der Waals surface area contributed by atoms with Crippen molar-refractivity contribution in [2.45, 2.75) is 51.1 Å². The monoisotopic (exact) mass is 424 g/mol. The van der Waals surface area contributed by atoms with E-state index in [1.54, 1.807) is 31.3 Å². The zero-order chi connectivity index (χ0) is 21.6. The molecule has 1 aliphatic carbocycles. The van der Waals surface area contributed by atoms with Crippen LogP contribution in [0, 0.1) is 5.92 Å². The van der Waals surface area contributed by atoms with Crippen molar-refractivity contribution in [3.8, 4) is 0 Å². The predicted molar refractivity (Wildman–Crippen MR) is 109 cm³/mol. The lowest BCUT2D eigenvalue weighted by Gasteiger charge is -2.43. The summed E-state index contributed by atoms with van der Waals surface area (Å²) in [4.78, 5) is 39.1. The van der Waals surface area contributed by atoms with E-state index in [4.69, 9.17) is 21.1 Å². The molecule has 1 amide bonds. The normalized spacial score (nSPS) is 20.3. The number of ketones is 1. The number of rotatable bonds is 7. The van der Waals surface area contributed by atoms with Gasteiger partial charge in [-0.05, 0) is 38.3 Å². The number of hydrogen-bond donors (Lipinski definition) is 1. The van der Waals surface area contributed by atoms with Gasteiger partial charge in [-0.2, -0.15) is 0 Å². The summed E-state index contributed by atoms with van der Waals surface area (Å²) in [5.74, 6) is -0.565. The molecular weight excluding hydrogens is 396 g/mol. The second-order valence-electron chi connectivity index (χ2n) is 7.53. The molecule has 2 atom stereocenters. The molecule has 0 heterocycles. The molecule has 1 aromatic rings. The molecule has 0 radical (unpaired) electrons. The maximum Gasteiger partial charge on any atom is 0.413 e. The molecule has 0 aromatic heterocycles. The number of carbonyl (C=O) groups excluding carboxylic acids is 3. The van der Waals surface area contributed by atoms with Gasteiger partial charge in [-0.25, -0.2) is 4.79 Å². The number of benzene rings is 1.